The van der Waals surface area contributed by atoms with Crippen molar-refractivity contribution in [2.75, 3.05) is 17.6 Å². The molecule has 90 valence electrons. The molecule has 0 fully saturated rings. The monoisotopic (exact) mass is 265 g/mol. The molecule has 0 atom stereocenters. The van der Waals surface area contributed by atoms with E-state index >= 15 is 0 Å². The number of rotatable bonds is 4. The zero-order chi connectivity index (χ0) is 12.4. The standard InChI is InChI=1S/C8H12NO5PS/c9-7-1-3-8(4-2-7)16(13,14)6-5-15(10,11)12/h1-4H,5-6,9H2,(H2,10,11,12). The molecule has 0 radical (unpaired) electrons. The van der Waals surface area contributed by atoms with Crippen LogP contribution in [-0.4, -0.2) is 30.1 Å². The van der Waals surface area contributed by atoms with Crippen molar-refractivity contribution in [2.45, 2.75) is 4.90 Å². The van der Waals surface area contributed by atoms with Crippen LogP contribution < -0.4 is 5.73 Å². The molecule has 0 aliphatic heterocycles. The van der Waals surface area contributed by atoms with Gasteiger partial charge in [-0.15, -0.1) is 0 Å². The van der Waals surface area contributed by atoms with Gasteiger partial charge in [-0.05, 0) is 24.3 Å². The normalized spacial score (nSPS) is 12.6. The highest BCUT2D eigenvalue weighted by molar-refractivity contribution is 7.91. The van der Waals surface area contributed by atoms with Gasteiger partial charge in [0.2, 0.25) is 0 Å². The Morgan fingerprint density at radius 3 is 2.12 bits per heavy atom. The summed E-state index contributed by atoms with van der Waals surface area (Å²) in [5, 5.41) is 0. The molecule has 6 nitrogen and oxygen atoms in total. The zero-order valence-electron chi connectivity index (χ0n) is 8.28. The van der Waals surface area contributed by atoms with Gasteiger partial charge in [0.1, 0.15) is 0 Å². The molecule has 0 amide bonds. The van der Waals surface area contributed by atoms with E-state index in [4.69, 9.17) is 15.5 Å². The van der Waals surface area contributed by atoms with Gasteiger partial charge in [-0.2, -0.15) is 0 Å². The Kier molecular flexibility index (Phi) is 3.75. The van der Waals surface area contributed by atoms with E-state index < -0.39 is 29.3 Å². The second kappa shape index (κ2) is 4.55. The summed E-state index contributed by atoms with van der Waals surface area (Å²) in [6.07, 6.45) is -0.681. The smallest absolute Gasteiger partial charge is 0.326 e. The Labute approximate surface area is 93.2 Å². The van der Waals surface area contributed by atoms with Crippen LogP contribution in [0.3, 0.4) is 0 Å². The van der Waals surface area contributed by atoms with Crippen molar-refractivity contribution in [1.82, 2.24) is 0 Å². The largest absolute Gasteiger partial charge is 0.399 e. The highest BCUT2D eigenvalue weighted by Gasteiger charge is 2.21. The van der Waals surface area contributed by atoms with Gasteiger partial charge in [0.05, 0.1) is 16.8 Å². The van der Waals surface area contributed by atoms with E-state index in [-0.39, 0.29) is 4.90 Å². The lowest BCUT2D eigenvalue weighted by molar-refractivity contribution is 0.374. The molecular weight excluding hydrogens is 253 g/mol. The fourth-order valence-electron chi connectivity index (χ4n) is 1.03. The maximum Gasteiger partial charge on any atom is 0.326 e. The van der Waals surface area contributed by atoms with Crippen LogP contribution in [0.4, 0.5) is 5.69 Å². The first-order valence-corrected chi connectivity index (χ1v) is 7.78. The molecular formula is C8H12NO5PS. The summed E-state index contributed by atoms with van der Waals surface area (Å²) in [6.45, 7) is 0. The molecule has 1 aromatic rings. The average Bonchev–Trinajstić information content (AvgIpc) is 2.15. The van der Waals surface area contributed by atoms with E-state index in [0.717, 1.165) is 0 Å². The molecule has 16 heavy (non-hydrogen) atoms. The molecule has 0 bridgehead atoms. The van der Waals surface area contributed by atoms with E-state index in [1.54, 1.807) is 0 Å². The van der Waals surface area contributed by atoms with Crippen molar-refractivity contribution in [2.24, 2.45) is 0 Å². The summed E-state index contributed by atoms with van der Waals surface area (Å²) in [4.78, 5) is 17.2. The van der Waals surface area contributed by atoms with Crippen LogP contribution >= 0.6 is 7.60 Å². The molecule has 4 N–H and O–H groups in total. The lowest BCUT2D eigenvalue weighted by atomic mass is 10.3. The third kappa shape index (κ3) is 3.94. The van der Waals surface area contributed by atoms with Crippen LogP contribution in [0.25, 0.3) is 0 Å². The quantitative estimate of drug-likeness (QED) is 0.529. The molecule has 0 aliphatic rings. The highest BCUT2D eigenvalue weighted by Crippen LogP contribution is 2.34. The molecule has 0 spiro atoms. The summed E-state index contributed by atoms with van der Waals surface area (Å²) >= 11 is 0. The maximum atomic E-state index is 11.6. The number of sulfone groups is 1. The van der Waals surface area contributed by atoms with Gasteiger partial charge in [-0.25, -0.2) is 8.42 Å². The Hall–Kier alpha value is -0.880. The highest BCUT2D eigenvalue weighted by atomic mass is 32.2. The number of hydrogen-bond acceptors (Lipinski definition) is 4. The van der Waals surface area contributed by atoms with E-state index in [1.807, 2.05) is 0 Å². The zero-order valence-corrected chi connectivity index (χ0v) is 9.99. The Balaban J connectivity index is 2.87. The van der Waals surface area contributed by atoms with Crippen molar-refractivity contribution < 1.29 is 22.8 Å². The van der Waals surface area contributed by atoms with Crippen molar-refractivity contribution in [3.8, 4) is 0 Å². The Bertz CT molecular complexity index is 504. The Morgan fingerprint density at radius 2 is 1.69 bits per heavy atom. The number of nitrogen functional groups attached to an aromatic ring is 1. The van der Waals surface area contributed by atoms with Gasteiger partial charge in [0.15, 0.2) is 9.84 Å². The third-order valence-corrected chi connectivity index (χ3v) is 4.73. The van der Waals surface area contributed by atoms with Crippen LogP contribution in [-0.2, 0) is 14.4 Å². The van der Waals surface area contributed by atoms with E-state index in [1.165, 1.54) is 24.3 Å². The first-order valence-electron chi connectivity index (χ1n) is 4.33. The first-order chi connectivity index (χ1) is 7.21. The molecule has 0 unspecified atom stereocenters. The van der Waals surface area contributed by atoms with Crippen LogP contribution in [0.5, 0.6) is 0 Å². The summed E-state index contributed by atoms with van der Waals surface area (Å²) in [7, 11) is -7.95. The van der Waals surface area contributed by atoms with Crippen molar-refractivity contribution in [3.05, 3.63) is 24.3 Å². The van der Waals surface area contributed by atoms with Crippen LogP contribution in [0, 0.1) is 0 Å². The second-order valence-corrected chi connectivity index (χ2v) is 7.16. The van der Waals surface area contributed by atoms with Crippen LogP contribution in [0.2, 0.25) is 0 Å². The molecule has 0 saturated heterocycles. The molecule has 1 rings (SSSR count). The number of anilines is 1. The molecule has 0 aromatic heterocycles. The van der Waals surface area contributed by atoms with Gasteiger partial charge >= 0.3 is 7.60 Å². The van der Waals surface area contributed by atoms with Crippen molar-refractivity contribution in [1.29, 1.82) is 0 Å². The van der Waals surface area contributed by atoms with Crippen molar-refractivity contribution in [3.63, 3.8) is 0 Å². The van der Waals surface area contributed by atoms with Gasteiger partial charge in [0.25, 0.3) is 0 Å². The van der Waals surface area contributed by atoms with Crippen LogP contribution in [0.1, 0.15) is 0 Å². The Morgan fingerprint density at radius 1 is 1.19 bits per heavy atom. The number of nitrogens with two attached hydrogens (primary N) is 1. The van der Waals surface area contributed by atoms with E-state index in [2.05, 4.69) is 0 Å². The predicted octanol–water partition coefficient (Wildman–Crippen LogP) is 0.220. The number of hydrogen-bond donors (Lipinski definition) is 3. The summed E-state index contributed by atoms with van der Waals surface area (Å²) in [6, 6.07) is 5.46. The van der Waals surface area contributed by atoms with E-state index in [9.17, 15) is 13.0 Å². The molecule has 0 aliphatic carbocycles. The fraction of sp³-hybridized carbons (Fsp3) is 0.250. The minimum absolute atomic E-state index is 0.00940. The second-order valence-electron chi connectivity index (χ2n) is 3.28. The minimum Gasteiger partial charge on any atom is -0.399 e. The lowest BCUT2D eigenvalue weighted by Gasteiger charge is -2.05. The lowest BCUT2D eigenvalue weighted by Crippen LogP contribution is -2.10. The molecule has 0 heterocycles. The SMILES string of the molecule is Nc1ccc(S(=O)(=O)CCP(=O)(O)O)cc1. The van der Waals surface area contributed by atoms with Gasteiger partial charge in [-0.3, -0.25) is 4.57 Å². The van der Waals surface area contributed by atoms with Gasteiger partial charge in [-0.1, -0.05) is 0 Å². The topological polar surface area (TPSA) is 118 Å². The molecule has 0 saturated carbocycles. The number of benzene rings is 1. The molecule has 1 aromatic carbocycles. The summed E-state index contributed by atoms with van der Waals surface area (Å²) in [5.74, 6) is -0.582. The summed E-state index contributed by atoms with van der Waals surface area (Å²) in [5.41, 5.74) is 5.82. The molecule has 8 heteroatoms. The van der Waals surface area contributed by atoms with Crippen LogP contribution in [0.15, 0.2) is 29.2 Å². The van der Waals surface area contributed by atoms with E-state index in [0.29, 0.717) is 5.69 Å². The fourth-order valence-corrected chi connectivity index (χ4v) is 3.73. The third-order valence-electron chi connectivity index (χ3n) is 1.89. The first kappa shape index (κ1) is 13.2. The van der Waals surface area contributed by atoms with Gasteiger partial charge < -0.3 is 15.5 Å². The summed E-state index contributed by atoms with van der Waals surface area (Å²) < 4.78 is 33.8. The van der Waals surface area contributed by atoms with Gasteiger partial charge in [0, 0.05) is 5.69 Å². The van der Waals surface area contributed by atoms with Crippen molar-refractivity contribution >= 4 is 23.1 Å². The average molecular weight is 265 g/mol. The minimum atomic E-state index is -4.30. The maximum absolute atomic E-state index is 11.6. The predicted molar refractivity (Wildman–Crippen MR) is 59.8 cm³/mol.